The van der Waals surface area contributed by atoms with Gasteiger partial charge >= 0.3 is 6.03 Å². The highest BCUT2D eigenvalue weighted by atomic mass is 16.3. The van der Waals surface area contributed by atoms with E-state index in [1.54, 1.807) is 0 Å². The van der Waals surface area contributed by atoms with Gasteiger partial charge in [-0.05, 0) is 49.8 Å². The van der Waals surface area contributed by atoms with Crippen LogP contribution in [0.15, 0.2) is 24.3 Å². The van der Waals surface area contributed by atoms with Crippen molar-refractivity contribution in [3.8, 4) is 0 Å². The third-order valence-electron chi connectivity index (χ3n) is 5.13. The van der Waals surface area contributed by atoms with Crippen molar-refractivity contribution in [2.24, 2.45) is 5.92 Å². The van der Waals surface area contributed by atoms with Gasteiger partial charge in [0.05, 0.1) is 0 Å². The summed E-state index contributed by atoms with van der Waals surface area (Å²) < 4.78 is 0. The molecule has 0 bridgehead atoms. The molecule has 0 aliphatic carbocycles. The van der Waals surface area contributed by atoms with E-state index >= 15 is 0 Å². The SMILES string of the molecule is O=C(Nc1cccc(N2CCCCCC2)c1)N1CCC[C@H](CO)C1. The van der Waals surface area contributed by atoms with Crippen molar-refractivity contribution in [3.05, 3.63) is 24.3 Å². The number of hydrogen-bond donors (Lipinski definition) is 2. The number of anilines is 2. The molecule has 3 rings (SSSR count). The van der Waals surface area contributed by atoms with Crippen LogP contribution < -0.4 is 10.2 Å². The molecular formula is C19H29N3O2. The smallest absolute Gasteiger partial charge is 0.321 e. The summed E-state index contributed by atoms with van der Waals surface area (Å²) in [6.07, 6.45) is 7.08. The van der Waals surface area contributed by atoms with E-state index in [0.717, 1.165) is 38.2 Å². The lowest BCUT2D eigenvalue weighted by molar-refractivity contribution is 0.136. The maximum atomic E-state index is 12.5. The Hall–Kier alpha value is -1.75. The Morgan fingerprint density at radius 3 is 2.67 bits per heavy atom. The number of amides is 2. The first-order chi connectivity index (χ1) is 11.8. The van der Waals surface area contributed by atoms with Gasteiger partial charge in [-0.2, -0.15) is 0 Å². The fraction of sp³-hybridized carbons (Fsp3) is 0.632. The number of urea groups is 1. The second-order valence-corrected chi connectivity index (χ2v) is 7.02. The predicted molar refractivity (Wildman–Crippen MR) is 97.5 cm³/mol. The number of nitrogens with zero attached hydrogens (tertiary/aromatic N) is 2. The zero-order chi connectivity index (χ0) is 16.8. The van der Waals surface area contributed by atoms with Gasteiger partial charge in [0, 0.05) is 44.2 Å². The Morgan fingerprint density at radius 2 is 1.92 bits per heavy atom. The van der Waals surface area contributed by atoms with Gasteiger partial charge in [-0.3, -0.25) is 0 Å². The molecule has 2 heterocycles. The van der Waals surface area contributed by atoms with E-state index < -0.39 is 0 Å². The third-order valence-corrected chi connectivity index (χ3v) is 5.13. The molecule has 2 fully saturated rings. The first-order valence-corrected chi connectivity index (χ1v) is 9.28. The van der Waals surface area contributed by atoms with Crippen molar-refractivity contribution in [2.75, 3.05) is 43.0 Å². The van der Waals surface area contributed by atoms with Crippen molar-refractivity contribution in [2.45, 2.75) is 38.5 Å². The molecule has 1 aromatic carbocycles. The standard InChI is InChI=1S/C19H29N3O2/c23-15-16-7-6-12-22(14-16)19(24)20-17-8-5-9-18(13-17)21-10-3-1-2-4-11-21/h5,8-9,13,16,23H,1-4,6-7,10-12,14-15H2,(H,20,24)/t16-/m0/s1. The van der Waals surface area contributed by atoms with Gasteiger partial charge in [0.15, 0.2) is 0 Å². The van der Waals surface area contributed by atoms with Crippen molar-refractivity contribution in [1.82, 2.24) is 4.90 Å². The first kappa shape index (κ1) is 17.1. The van der Waals surface area contributed by atoms with Crippen LogP contribution >= 0.6 is 0 Å². The van der Waals surface area contributed by atoms with Crippen LogP contribution in [0.25, 0.3) is 0 Å². The molecule has 2 N–H and O–H groups in total. The molecule has 0 radical (unpaired) electrons. The average molecular weight is 331 g/mol. The Bertz CT molecular complexity index is 541. The van der Waals surface area contributed by atoms with Crippen molar-refractivity contribution in [3.63, 3.8) is 0 Å². The van der Waals surface area contributed by atoms with Gasteiger partial charge in [0.1, 0.15) is 0 Å². The maximum absolute atomic E-state index is 12.5. The number of aliphatic hydroxyl groups excluding tert-OH is 1. The lowest BCUT2D eigenvalue weighted by Crippen LogP contribution is -2.43. The first-order valence-electron chi connectivity index (χ1n) is 9.28. The number of carbonyl (C=O) groups excluding carboxylic acids is 1. The van der Waals surface area contributed by atoms with Crippen LogP contribution in [0, 0.1) is 5.92 Å². The number of carbonyl (C=O) groups is 1. The van der Waals surface area contributed by atoms with Gasteiger partial charge in [0.2, 0.25) is 0 Å². The number of aliphatic hydroxyl groups is 1. The largest absolute Gasteiger partial charge is 0.396 e. The summed E-state index contributed by atoms with van der Waals surface area (Å²) in [6.45, 7) is 3.78. The molecule has 2 saturated heterocycles. The molecule has 0 saturated carbocycles. The minimum atomic E-state index is -0.0545. The van der Waals surface area contributed by atoms with Crippen LogP contribution in [0.5, 0.6) is 0 Å². The molecule has 2 aliphatic rings. The number of piperidine rings is 1. The zero-order valence-corrected chi connectivity index (χ0v) is 14.4. The summed E-state index contributed by atoms with van der Waals surface area (Å²) in [5.41, 5.74) is 2.05. The van der Waals surface area contributed by atoms with Gasteiger partial charge in [-0.15, -0.1) is 0 Å². The Morgan fingerprint density at radius 1 is 1.12 bits per heavy atom. The van der Waals surface area contributed by atoms with E-state index in [9.17, 15) is 9.90 Å². The Balaban J connectivity index is 1.62. The van der Waals surface area contributed by atoms with Gasteiger partial charge < -0.3 is 20.2 Å². The quantitative estimate of drug-likeness (QED) is 0.893. The normalized spacial score (nSPS) is 22.1. The fourth-order valence-electron chi connectivity index (χ4n) is 3.71. The van der Waals surface area contributed by atoms with E-state index in [2.05, 4.69) is 22.3 Å². The molecule has 1 atom stereocenters. The van der Waals surface area contributed by atoms with Gasteiger partial charge in [-0.25, -0.2) is 4.79 Å². The molecule has 5 nitrogen and oxygen atoms in total. The monoisotopic (exact) mass is 331 g/mol. The van der Waals surface area contributed by atoms with Crippen LogP contribution in [-0.4, -0.2) is 48.8 Å². The molecule has 5 heteroatoms. The lowest BCUT2D eigenvalue weighted by atomic mass is 9.99. The van der Waals surface area contributed by atoms with Gasteiger partial charge in [-0.1, -0.05) is 18.9 Å². The summed E-state index contributed by atoms with van der Waals surface area (Å²) in [4.78, 5) is 16.7. The van der Waals surface area contributed by atoms with Crippen molar-refractivity contribution in [1.29, 1.82) is 0 Å². The lowest BCUT2D eigenvalue weighted by Gasteiger charge is -2.32. The highest BCUT2D eigenvalue weighted by Gasteiger charge is 2.23. The topological polar surface area (TPSA) is 55.8 Å². The van der Waals surface area contributed by atoms with E-state index in [1.165, 1.54) is 31.4 Å². The van der Waals surface area contributed by atoms with Crippen LogP contribution in [0.4, 0.5) is 16.2 Å². The molecule has 0 spiro atoms. The molecule has 2 aliphatic heterocycles. The number of nitrogens with one attached hydrogen (secondary N) is 1. The molecule has 0 unspecified atom stereocenters. The van der Waals surface area contributed by atoms with Crippen LogP contribution in [0.3, 0.4) is 0 Å². The summed E-state index contributed by atoms with van der Waals surface area (Å²) in [7, 11) is 0. The number of benzene rings is 1. The van der Waals surface area contributed by atoms with Crippen LogP contribution in [0.2, 0.25) is 0 Å². The molecule has 0 aromatic heterocycles. The minimum Gasteiger partial charge on any atom is -0.396 e. The second-order valence-electron chi connectivity index (χ2n) is 7.02. The average Bonchev–Trinajstić information content (AvgIpc) is 2.91. The van der Waals surface area contributed by atoms with Crippen molar-refractivity contribution >= 4 is 17.4 Å². The molecule has 24 heavy (non-hydrogen) atoms. The van der Waals surface area contributed by atoms with E-state index in [1.807, 2.05) is 17.0 Å². The number of likely N-dealkylation sites (tertiary alicyclic amines) is 1. The summed E-state index contributed by atoms with van der Waals surface area (Å²) in [5, 5.41) is 12.4. The summed E-state index contributed by atoms with van der Waals surface area (Å²) in [6, 6.07) is 8.12. The molecule has 132 valence electrons. The second kappa shape index (κ2) is 8.38. The van der Waals surface area contributed by atoms with E-state index in [-0.39, 0.29) is 18.6 Å². The Kier molecular flexibility index (Phi) is 5.96. The maximum Gasteiger partial charge on any atom is 0.321 e. The predicted octanol–water partition coefficient (Wildman–Crippen LogP) is 3.30. The van der Waals surface area contributed by atoms with Crippen LogP contribution in [-0.2, 0) is 0 Å². The highest BCUT2D eigenvalue weighted by molar-refractivity contribution is 5.90. The molecular weight excluding hydrogens is 302 g/mol. The minimum absolute atomic E-state index is 0.0545. The number of hydrogen-bond acceptors (Lipinski definition) is 3. The highest BCUT2D eigenvalue weighted by Crippen LogP contribution is 2.23. The van der Waals surface area contributed by atoms with Crippen LogP contribution in [0.1, 0.15) is 38.5 Å². The molecule has 2 amide bonds. The molecule has 1 aromatic rings. The summed E-state index contributed by atoms with van der Waals surface area (Å²) in [5.74, 6) is 0.216. The Labute approximate surface area is 144 Å². The summed E-state index contributed by atoms with van der Waals surface area (Å²) >= 11 is 0. The zero-order valence-electron chi connectivity index (χ0n) is 14.4. The number of rotatable bonds is 3. The third kappa shape index (κ3) is 4.41. The van der Waals surface area contributed by atoms with Crippen molar-refractivity contribution < 1.29 is 9.90 Å². The van der Waals surface area contributed by atoms with Gasteiger partial charge in [0.25, 0.3) is 0 Å². The fourth-order valence-corrected chi connectivity index (χ4v) is 3.71. The van der Waals surface area contributed by atoms with E-state index in [0.29, 0.717) is 6.54 Å². The van der Waals surface area contributed by atoms with E-state index in [4.69, 9.17) is 0 Å².